The fraction of sp³-hybridized carbons (Fsp3) is 0.167. The molecule has 2 aromatic rings. The van der Waals surface area contributed by atoms with Crippen LogP contribution < -0.4 is 10.6 Å². The van der Waals surface area contributed by atoms with E-state index in [4.69, 9.17) is 9.85 Å². The second-order valence-electron chi connectivity index (χ2n) is 3.68. The molecule has 1 aromatic heterocycles. The van der Waals surface area contributed by atoms with E-state index >= 15 is 0 Å². The number of fused-ring (bicyclic) bond motifs is 3. The second-order valence-corrected chi connectivity index (χ2v) is 3.68. The number of rotatable bonds is 0. The highest BCUT2D eigenvalue weighted by Gasteiger charge is 2.22. The number of para-hydroxylation sites is 1. The first-order valence-corrected chi connectivity index (χ1v) is 4.95. The molecule has 4 heteroatoms. The van der Waals surface area contributed by atoms with E-state index in [0.717, 1.165) is 0 Å². The number of aromatic nitrogens is 2. The Morgan fingerprint density at radius 1 is 1.38 bits per heavy atom. The van der Waals surface area contributed by atoms with Gasteiger partial charge in [-0.3, -0.25) is 9.97 Å². The molecule has 4 nitrogen and oxygen atoms in total. The molecule has 0 amide bonds. The zero-order valence-corrected chi connectivity index (χ0v) is 8.51. The van der Waals surface area contributed by atoms with Crippen molar-refractivity contribution in [3.63, 3.8) is 0 Å². The summed E-state index contributed by atoms with van der Waals surface area (Å²) in [6.45, 7) is -2.08. The predicted octanol–water partition coefficient (Wildman–Crippen LogP) is 1.68. The highest BCUT2D eigenvalue weighted by molar-refractivity contribution is 5.88. The largest absolute Gasteiger partial charge is 0.397 e. The molecular weight excluding hydrogens is 200 g/mol. The summed E-state index contributed by atoms with van der Waals surface area (Å²) in [4.78, 5) is 9.81. The molecule has 0 unspecified atom stereocenters. The maximum atomic E-state index is 7.65. The minimum atomic E-state index is -2.26. The maximum absolute atomic E-state index is 7.65. The van der Waals surface area contributed by atoms with Crippen molar-refractivity contribution in [3.05, 3.63) is 36.3 Å². The van der Waals surface area contributed by atoms with Crippen molar-refractivity contribution in [1.82, 2.24) is 9.97 Å². The standard InChI is InChI=1S/C12H12N4/c1-16-7-10-11(15-6-5-14-10)8-3-2-4-9(13)12(8)16/h2-6H,7,13H2,1H3/i1D3. The van der Waals surface area contributed by atoms with E-state index in [0.29, 0.717) is 28.3 Å². The molecule has 0 radical (unpaired) electrons. The first kappa shape index (κ1) is 6.48. The Bertz CT molecular complexity index is 639. The van der Waals surface area contributed by atoms with Gasteiger partial charge in [0.05, 0.1) is 29.3 Å². The summed E-state index contributed by atoms with van der Waals surface area (Å²) in [6.07, 6.45) is 3.16. The number of hydrogen-bond donors (Lipinski definition) is 1. The van der Waals surface area contributed by atoms with E-state index in [9.17, 15) is 0 Å². The number of nitrogens with zero attached hydrogens (tertiary/aromatic N) is 3. The number of nitrogens with two attached hydrogens (primary N) is 1. The van der Waals surface area contributed by atoms with Gasteiger partial charge < -0.3 is 10.6 Å². The molecule has 2 heterocycles. The average molecular weight is 215 g/mol. The van der Waals surface area contributed by atoms with Gasteiger partial charge in [-0.1, -0.05) is 12.1 Å². The van der Waals surface area contributed by atoms with Crippen LogP contribution in [0.2, 0.25) is 0 Å². The molecule has 0 bridgehead atoms. The molecular formula is C12H12N4. The third-order valence-electron chi connectivity index (χ3n) is 2.67. The van der Waals surface area contributed by atoms with Crippen LogP contribution in [0.5, 0.6) is 0 Å². The Labute approximate surface area is 98.0 Å². The molecule has 0 spiro atoms. The van der Waals surface area contributed by atoms with Gasteiger partial charge in [0.2, 0.25) is 0 Å². The van der Waals surface area contributed by atoms with Gasteiger partial charge in [0.25, 0.3) is 0 Å². The van der Waals surface area contributed by atoms with Crippen molar-refractivity contribution in [2.24, 2.45) is 0 Å². The molecule has 1 aliphatic rings. The first-order chi connectivity index (χ1) is 8.98. The fourth-order valence-electron chi connectivity index (χ4n) is 1.99. The predicted molar refractivity (Wildman–Crippen MR) is 64.0 cm³/mol. The van der Waals surface area contributed by atoms with Crippen LogP contribution in [0.3, 0.4) is 0 Å². The van der Waals surface area contributed by atoms with Crippen LogP contribution in [-0.4, -0.2) is 16.9 Å². The highest BCUT2D eigenvalue weighted by atomic mass is 15.1. The van der Waals surface area contributed by atoms with Crippen molar-refractivity contribution >= 4 is 11.4 Å². The van der Waals surface area contributed by atoms with Crippen LogP contribution in [-0.2, 0) is 6.54 Å². The van der Waals surface area contributed by atoms with Crippen LogP contribution in [0.1, 0.15) is 9.81 Å². The molecule has 3 rings (SSSR count). The van der Waals surface area contributed by atoms with Crippen molar-refractivity contribution < 1.29 is 4.11 Å². The van der Waals surface area contributed by atoms with Crippen molar-refractivity contribution in [3.8, 4) is 11.3 Å². The zero-order chi connectivity index (χ0) is 13.6. The third-order valence-corrected chi connectivity index (χ3v) is 2.67. The van der Waals surface area contributed by atoms with E-state index in [2.05, 4.69) is 9.97 Å². The molecule has 16 heavy (non-hydrogen) atoms. The smallest absolute Gasteiger partial charge is 0.0957 e. The second kappa shape index (κ2) is 3.20. The summed E-state index contributed by atoms with van der Waals surface area (Å²) in [6, 6.07) is 5.30. The topological polar surface area (TPSA) is 55.0 Å². The van der Waals surface area contributed by atoms with E-state index in [1.165, 1.54) is 4.90 Å². The van der Waals surface area contributed by atoms with Crippen LogP contribution in [0, 0.1) is 0 Å². The SMILES string of the molecule is [2H]C([2H])([2H])N1Cc2nccnc2-c2cccc(N)c21. The van der Waals surface area contributed by atoms with Gasteiger partial charge in [-0.15, -0.1) is 0 Å². The minimum Gasteiger partial charge on any atom is -0.397 e. The molecule has 0 atom stereocenters. The van der Waals surface area contributed by atoms with Gasteiger partial charge >= 0.3 is 0 Å². The molecule has 1 aliphatic heterocycles. The van der Waals surface area contributed by atoms with E-state index in [1.54, 1.807) is 24.5 Å². The molecule has 0 saturated heterocycles. The van der Waals surface area contributed by atoms with Gasteiger partial charge in [-0.05, 0) is 6.07 Å². The highest BCUT2D eigenvalue weighted by Crippen LogP contribution is 2.39. The lowest BCUT2D eigenvalue weighted by molar-refractivity contribution is 0.861. The molecule has 1 aromatic carbocycles. The van der Waals surface area contributed by atoms with Crippen molar-refractivity contribution in [1.29, 1.82) is 0 Å². The van der Waals surface area contributed by atoms with E-state index in [1.807, 2.05) is 6.07 Å². The van der Waals surface area contributed by atoms with Crippen LogP contribution >= 0.6 is 0 Å². The van der Waals surface area contributed by atoms with Crippen LogP contribution in [0.4, 0.5) is 11.4 Å². The van der Waals surface area contributed by atoms with Gasteiger partial charge in [-0.25, -0.2) is 0 Å². The zero-order valence-electron chi connectivity index (χ0n) is 11.5. The molecule has 0 aliphatic carbocycles. The fourth-order valence-corrected chi connectivity index (χ4v) is 1.99. The molecule has 0 saturated carbocycles. The number of hydrogen-bond acceptors (Lipinski definition) is 4. The molecule has 80 valence electrons. The summed E-state index contributed by atoms with van der Waals surface area (Å²) in [5.41, 5.74) is 8.95. The Balaban J connectivity index is 2.29. The number of anilines is 2. The Morgan fingerprint density at radius 2 is 2.25 bits per heavy atom. The van der Waals surface area contributed by atoms with Gasteiger partial charge in [-0.2, -0.15) is 0 Å². The summed E-state index contributed by atoms with van der Waals surface area (Å²) in [5.74, 6) is 0. The lowest BCUT2D eigenvalue weighted by Crippen LogP contribution is -2.24. The summed E-state index contributed by atoms with van der Waals surface area (Å²) >= 11 is 0. The lowest BCUT2D eigenvalue weighted by atomic mass is 10.0. The monoisotopic (exact) mass is 215 g/mol. The third kappa shape index (κ3) is 1.16. The molecule has 2 N–H and O–H groups in total. The first-order valence-electron chi connectivity index (χ1n) is 6.45. The molecule has 0 fully saturated rings. The van der Waals surface area contributed by atoms with Gasteiger partial charge in [0, 0.05) is 29.0 Å². The van der Waals surface area contributed by atoms with Crippen LogP contribution in [0.25, 0.3) is 11.3 Å². The summed E-state index contributed by atoms with van der Waals surface area (Å²) < 4.78 is 23.0. The normalized spacial score (nSPS) is 16.8. The minimum absolute atomic E-state index is 0.181. The van der Waals surface area contributed by atoms with Crippen molar-refractivity contribution in [2.75, 3.05) is 17.6 Å². The Kier molecular flexibility index (Phi) is 1.29. The number of benzene rings is 1. The Morgan fingerprint density at radius 3 is 3.12 bits per heavy atom. The maximum Gasteiger partial charge on any atom is 0.0957 e. The van der Waals surface area contributed by atoms with Gasteiger partial charge in [0.1, 0.15) is 0 Å². The quantitative estimate of drug-likeness (QED) is 0.679. The van der Waals surface area contributed by atoms with Crippen LogP contribution in [0.15, 0.2) is 30.6 Å². The average Bonchev–Trinajstić information content (AvgIpc) is 2.37. The van der Waals surface area contributed by atoms with E-state index < -0.39 is 6.98 Å². The van der Waals surface area contributed by atoms with Crippen molar-refractivity contribution in [2.45, 2.75) is 6.54 Å². The lowest BCUT2D eigenvalue weighted by Gasteiger charge is -2.29. The summed E-state index contributed by atoms with van der Waals surface area (Å²) in [7, 11) is 0. The van der Waals surface area contributed by atoms with E-state index in [-0.39, 0.29) is 6.54 Å². The van der Waals surface area contributed by atoms with Gasteiger partial charge in [0.15, 0.2) is 0 Å². The summed E-state index contributed by atoms with van der Waals surface area (Å²) in [5, 5.41) is 0. The number of nitrogen functional groups attached to an aromatic ring is 1. The Hall–Kier alpha value is -2.10.